The second-order valence-electron chi connectivity index (χ2n) is 9.28. The highest BCUT2D eigenvalue weighted by Crippen LogP contribution is 2.10. The summed E-state index contributed by atoms with van der Waals surface area (Å²) in [4.78, 5) is 23.1. The quantitative estimate of drug-likeness (QED) is 0.140. The Morgan fingerprint density at radius 3 is 1.50 bits per heavy atom. The predicted octanol–water partition coefficient (Wildman–Crippen LogP) is 4.86. The number of hydrogen-bond acceptors (Lipinski definition) is 8. The summed E-state index contributed by atoms with van der Waals surface area (Å²) in [6, 6.07) is 0. The van der Waals surface area contributed by atoms with Gasteiger partial charge in [0.05, 0.1) is 46.2 Å². The first-order chi connectivity index (χ1) is 16.3. The van der Waals surface area contributed by atoms with Crippen LogP contribution in [0.1, 0.15) is 91.9 Å². The van der Waals surface area contributed by atoms with Crippen molar-refractivity contribution in [3.05, 3.63) is 0 Å². The molecule has 0 aromatic heterocycles. The molecule has 34 heavy (non-hydrogen) atoms. The maximum Gasteiger partial charge on any atom is 0.332 e. The molecule has 0 heterocycles. The van der Waals surface area contributed by atoms with Crippen LogP contribution in [-0.4, -0.2) is 77.0 Å². The Hall–Kier alpha value is -1.22. The minimum Gasteiger partial charge on any atom is -0.463 e. The molecule has 0 aliphatic rings. The Balaban J connectivity index is 3.23. The van der Waals surface area contributed by atoms with E-state index in [1.54, 1.807) is 0 Å². The zero-order valence-corrected chi connectivity index (χ0v) is 22.2. The largest absolute Gasteiger partial charge is 0.463 e. The van der Waals surface area contributed by atoms with Gasteiger partial charge in [0.1, 0.15) is 18.8 Å². The van der Waals surface area contributed by atoms with Gasteiger partial charge in [-0.3, -0.25) is 4.79 Å². The van der Waals surface area contributed by atoms with Gasteiger partial charge in [0.2, 0.25) is 0 Å². The Bertz CT molecular complexity index is 476. The van der Waals surface area contributed by atoms with Gasteiger partial charge in [0.25, 0.3) is 0 Å². The van der Waals surface area contributed by atoms with Crippen molar-refractivity contribution in [1.82, 2.24) is 0 Å². The molecule has 0 rings (SSSR count). The Morgan fingerprint density at radius 1 is 0.559 bits per heavy atom. The van der Waals surface area contributed by atoms with Gasteiger partial charge in [-0.2, -0.15) is 0 Å². The topological polar surface area (TPSA) is 89.5 Å². The molecule has 0 saturated carbocycles. The van der Waals surface area contributed by atoms with Crippen LogP contribution in [0.4, 0.5) is 0 Å². The summed E-state index contributed by atoms with van der Waals surface area (Å²) >= 11 is 0. The number of unbranched alkanes of at least 4 members (excludes halogenated alkanes) is 8. The third kappa shape index (κ3) is 27.0. The molecule has 0 atom stereocenters. The molecule has 0 aromatic rings. The number of carbonyl (C=O) groups is 2. The highest BCUT2D eigenvalue weighted by Gasteiger charge is 2.15. The zero-order chi connectivity index (χ0) is 25.3. The summed E-state index contributed by atoms with van der Waals surface area (Å²) in [6.45, 7) is 10.7. The number of carbonyl (C=O) groups excluding carboxylic acids is 2. The standard InChI is InChI=1S/C26H50O8/c1-5-6-7-8-9-10-11-12-13-14-24(27)33-22-21-31-18-17-29-15-16-30-19-20-32-23-25(28)34-26(2,3)4/h5-23H2,1-4H3. The van der Waals surface area contributed by atoms with Crippen LogP contribution in [0.3, 0.4) is 0 Å². The molecule has 0 aliphatic carbocycles. The molecule has 0 unspecified atom stereocenters. The van der Waals surface area contributed by atoms with Gasteiger partial charge in [0, 0.05) is 6.42 Å². The van der Waals surface area contributed by atoms with Crippen LogP contribution in [0.5, 0.6) is 0 Å². The van der Waals surface area contributed by atoms with Gasteiger partial charge in [-0.05, 0) is 27.2 Å². The molecule has 0 spiro atoms. The monoisotopic (exact) mass is 490 g/mol. The van der Waals surface area contributed by atoms with Crippen LogP contribution < -0.4 is 0 Å². The lowest BCUT2D eigenvalue weighted by Crippen LogP contribution is -2.27. The molecule has 0 amide bonds. The molecule has 0 fully saturated rings. The Labute approximate surface area is 207 Å². The Kier molecular flexibility index (Phi) is 22.7. The molecule has 0 N–H and O–H groups in total. The second kappa shape index (κ2) is 23.5. The van der Waals surface area contributed by atoms with E-state index in [0.29, 0.717) is 52.7 Å². The minimum atomic E-state index is -0.505. The Morgan fingerprint density at radius 2 is 1.00 bits per heavy atom. The molecule has 0 saturated heterocycles. The van der Waals surface area contributed by atoms with Crippen molar-refractivity contribution in [1.29, 1.82) is 0 Å². The number of hydrogen-bond donors (Lipinski definition) is 0. The fraction of sp³-hybridized carbons (Fsp3) is 0.923. The third-order valence-corrected chi connectivity index (χ3v) is 4.73. The van der Waals surface area contributed by atoms with Crippen molar-refractivity contribution in [2.24, 2.45) is 0 Å². The summed E-state index contributed by atoms with van der Waals surface area (Å²) in [5.41, 5.74) is -0.505. The van der Waals surface area contributed by atoms with E-state index in [4.69, 9.17) is 28.4 Å². The molecule has 0 radical (unpaired) electrons. The fourth-order valence-electron chi connectivity index (χ4n) is 3.05. The second-order valence-corrected chi connectivity index (χ2v) is 9.28. The summed E-state index contributed by atoms with van der Waals surface area (Å²) in [7, 11) is 0. The van der Waals surface area contributed by atoms with E-state index in [-0.39, 0.29) is 25.2 Å². The first kappa shape index (κ1) is 32.8. The van der Waals surface area contributed by atoms with E-state index < -0.39 is 5.60 Å². The van der Waals surface area contributed by atoms with Crippen molar-refractivity contribution in [2.75, 3.05) is 59.5 Å². The summed E-state index contributed by atoms with van der Waals surface area (Å²) < 4.78 is 31.7. The van der Waals surface area contributed by atoms with Gasteiger partial charge in [-0.15, -0.1) is 0 Å². The average Bonchev–Trinajstić information content (AvgIpc) is 2.77. The van der Waals surface area contributed by atoms with E-state index in [1.807, 2.05) is 20.8 Å². The summed E-state index contributed by atoms with van der Waals surface area (Å²) in [5, 5.41) is 0. The lowest BCUT2D eigenvalue weighted by Gasteiger charge is -2.19. The molecular formula is C26H50O8. The van der Waals surface area contributed by atoms with E-state index in [0.717, 1.165) is 12.8 Å². The molecule has 8 nitrogen and oxygen atoms in total. The van der Waals surface area contributed by atoms with Crippen molar-refractivity contribution >= 4 is 11.9 Å². The first-order valence-corrected chi connectivity index (χ1v) is 13.0. The van der Waals surface area contributed by atoms with Crippen molar-refractivity contribution in [3.8, 4) is 0 Å². The fourth-order valence-corrected chi connectivity index (χ4v) is 3.05. The highest BCUT2D eigenvalue weighted by molar-refractivity contribution is 5.71. The number of rotatable bonds is 24. The lowest BCUT2D eigenvalue weighted by atomic mass is 10.1. The van der Waals surface area contributed by atoms with Crippen molar-refractivity contribution in [3.63, 3.8) is 0 Å². The van der Waals surface area contributed by atoms with E-state index in [2.05, 4.69) is 6.92 Å². The molecule has 0 aliphatic heterocycles. The van der Waals surface area contributed by atoms with Gasteiger partial charge in [-0.1, -0.05) is 58.3 Å². The van der Waals surface area contributed by atoms with E-state index in [9.17, 15) is 9.59 Å². The molecule has 8 heteroatoms. The minimum absolute atomic E-state index is 0.0803. The first-order valence-electron chi connectivity index (χ1n) is 13.0. The highest BCUT2D eigenvalue weighted by atomic mass is 16.6. The normalized spacial score (nSPS) is 11.5. The van der Waals surface area contributed by atoms with Crippen LogP contribution in [0.15, 0.2) is 0 Å². The zero-order valence-electron chi connectivity index (χ0n) is 22.2. The van der Waals surface area contributed by atoms with Crippen LogP contribution in [0, 0.1) is 0 Å². The van der Waals surface area contributed by atoms with Gasteiger partial charge in [0.15, 0.2) is 0 Å². The van der Waals surface area contributed by atoms with Crippen LogP contribution in [0.25, 0.3) is 0 Å². The van der Waals surface area contributed by atoms with E-state index in [1.165, 1.54) is 44.9 Å². The van der Waals surface area contributed by atoms with Crippen LogP contribution in [-0.2, 0) is 38.0 Å². The van der Waals surface area contributed by atoms with Gasteiger partial charge >= 0.3 is 11.9 Å². The summed E-state index contributed by atoms with van der Waals surface area (Å²) in [6.07, 6.45) is 11.6. The van der Waals surface area contributed by atoms with Gasteiger partial charge in [-0.25, -0.2) is 4.79 Å². The van der Waals surface area contributed by atoms with Gasteiger partial charge < -0.3 is 28.4 Å². The maximum atomic E-state index is 11.7. The molecule has 202 valence electrons. The summed E-state index contributed by atoms with van der Waals surface area (Å²) in [5.74, 6) is -0.528. The number of esters is 2. The molecule has 0 bridgehead atoms. The van der Waals surface area contributed by atoms with Crippen LogP contribution in [0.2, 0.25) is 0 Å². The van der Waals surface area contributed by atoms with Crippen molar-refractivity contribution in [2.45, 2.75) is 97.5 Å². The van der Waals surface area contributed by atoms with E-state index >= 15 is 0 Å². The van der Waals surface area contributed by atoms with Crippen molar-refractivity contribution < 1.29 is 38.0 Å². The maximum absolute atomic E-state index is 11.7. The molecule has 0 aromatic carbocycles. The predicted molar refractivity (Wildman–Crippen MR) is 132 cm³/mol. The smallest absolute Gasteiger partial charge is 0.332 e. The lowest BCUT2D eigenvalue weighted by molar-refractivity contribution is -0.160. The number of ether oxygens (including phenoxy) is 6. The van der Waals surface area contributed by atoms with Crippen LogP contribution >= 0.6 is 0 Å². The molecular weight excluding hydrogens is 440 g/mol. The third-order valence-electron chi connectivity index (χ3n) is 4.73. The SMILES string of the molecule is CCCCCCCCCCCC(=O)OCCOCCOCCOCCOCC(=O)OC(C)(C)C. The average molecular weight is 491 g/mol.